The molecule has 2 aliphatic heterocycles. The van der Waals surface area contributed by atoms with E-state index in [0.717, 1.165) is 16.7 Å². The smallest absolute Gasteiger partial charge is 0.408 e. The summed E-state index contributed by atoms with van der Waals surface area (Å²) in [5, 5.41) is 5.32. The molecule has 2 aromatic rings. The zero-order valence-electron chi connectivity index (χ0n) is 18.8. The summed E-state index contributed by atoms with van der Waals surface area (Å²) in [5.74, 6) is 0.524. The fraction of sp³-hybridized carbons (Fsp3) is 0.375. The number of hydrogen-bond donors (Lipinski definition) is 2. The highest BCUT2D eigenvalue weighted by Crippen LogP contribution is 2.45. The summed E-state index contributed by atoms with van der Waals surface area (Å²) in [7, 11) is 4.64. The first-order valence-electron chi connectivity index (χ1n) is 10.7. The quantitative estimate of drug-likeness (QED) is 0.693. The number of rotatable bonds is 6. The number of fused-ring (bicyclic) bond motifs is 3. The zero-order chi connectivity index (χ0) is 23.5. The van der Waals surface area contributed by atoms with Crippen molar-refractivity contribution < 1.29 is 28.6 Å². The van der Waals surface area contributed by atoms with Crippen molar-refractivity contribution in [1.82, 2.24) is 15.5 Å². The van der Waals surface area contributed by atoms with Gasteiger partial charge in [0, 0.05) is 19.9 Å². The number of carbonyl (C=O) groups excluding carboxylic acids is 3. The van der Waals surface area contributed by atoms with Gasteiger partial charge in [-0.25, -0.2) is 4.79 Å². The average Bonchev–Trinajstić information content (AvgIpc) is 3.17. The summed E-state index contributed by atoms with van der Waals surface area (Å²) >= 11 is 0. The van der Waals surface area contributed by atoms with Crippen LogP contribution in [0.5, 0.6) is 11.5 Å². The Kier molecular flexibility index (Phi) is 6.39. The number of carbonyl (C=O) groups is 3. The summed E-state index contributed by atoms with van der Waals surface area (Å²) in [4.78, 5) is 39.9. The summed E-state index contributed by atoms with van der Waals surface area (Å²) in [5.41, 5.74) is 2.63. The van der Waals surface area contributed by atoms with Crippen LogP contribution in [0.4, 0.5) is 4.79 Å². The number of benzene rings is 2. The molecule has 3 atom stereocenters. The summed E-state index contributed by atoms with van der Waals surface area (Å²) in [6, 6.07) is 11.1. The van der Waals surface area contributed by atoms with Gasteiger partial charge in [0.1, 0.15) is 18.7 Å². The molecule has 4 rings (SSSR count). The van der Waals surface area contributed by atoms with Crippen LogP contribution < -0.4 is 20.1 Å². The maximum atomic E-state index is 13.3. The van der Waals surface area contributed by atoms with Gasteiger partial charge in [0.05, 0.1) is 20.3 Å². The number of methoxy groups -OCH3 is 2. The normalized spacial score (nSPS) is 21.0. The molecule has 0 bridgehead atoms. The van der Waals surface area contributed by atoms with Gasteiger partial charge < -0.3 is 29.7 Å². The summed E-state index contributed by atoms with van der Waals surface area (Å²) in [6.07, 6.45) is -0.0287. The lowest BCUT2D eigenvalue weighted by Crippen LogP contribution is -2.53. The van der Waals surface area contributed by atoms with Crippen LogP contribution in [0.25, 0.3) is 0 Å². The molecule has 9 nitrogen and oxygen atoms in total. The maximum absolute atomic E-state index is 13.3. The van der Waals surface area contributed by atoms with Crippen molar-refractivity contribution in [2.75, 3.05) is 21.3 Å². The number of likely N-dealkylation sites (N-methyl/N-ethyl adjacent to an activating group) is 1. The minimum atomic E-state index is -0.801. The lowest BCUT2D eigenvalue weighted by Gasteiger charge is -2.38. The highest BCUT2D eigenvalue weighted by atomic mass is 16.5. The minimum absolute atomic E-state index is 0.0986. The number of ether oxygens (including phenoxy) is 3. The number of alkyl carbamates (subject to hydrolysis) is 1. The van der Waals surface area contributed by atoms with Gasteiger partial charge in [-0.2, -0.15) is 0 Å². The Morgan fingerprint density at radius 2 is 1.79 bits per heavy atom. The van der Waals surface area contributed by atoms with Crippen molar-refractivity contribution >= 4 is 17.9 Å². The Hall–Kier alpha value is -3.75. The predicted molar refractivity (Wildman–Crippen MR) is 119 cm³/mol. The Morgan fingerprint density at radius 3 is 2.45 bits per heavy atom. The maximum Gasteiger partial charge on any atom is 0.408 e. The van der Waals surface area contributed by atoms with Crippen LogP contribution >= 0.6 is 0 Å². The van der Waals surface area contributed by atoms with Crippen LogP contribution in [-0.4, -0.2) is 56.2 Å². The van der Waals surface area contributed by atoms with E-state index in [1.54, 1.807) is 26.2 Å². The van der Waals surface area contributed by atoms with Crippen LogP contribution in [-0.2, 0) is 27.4 Å². The van der Waals surface area contributed by atoms with Crippen LogP contribution in [0.15, 0.2) is 42.5 Å². The minimum Gasteiger partial charge on any atom is -0.493 e. The van der Waals surface area contributed by atoms with E-state index in [9.17, 15) is 14.4 Å². The molecule has 1 saturated heterocycles. The molecule has 174 valence electrons. The first-order chi connectivity index (χ1) is 16.0. The van der Waals surface area contributed by atoms with Crippen LogP contribution in [0.2, 0.25) is 0 Å². The van der Waals surface area contributed by atoms with E-state index in [0.29, 0.717) is 24.3 Å². The molecule has 0 aromatic heterocycles. The molecule has 2 N–H and O–H groups in total. The van der Waals surface area contributed by atoms with Crippen molar-refractivity contribution in [1.29, 1.82) is 0 Å². The number of nitrogens with zero attached hydrogens (tertiary/aromatic N) is 1. The second-order valence-electron chi connectivity index (χ2n) is 8.00. The Labute approximate surface area is 192 Å². The topological polar surface area (TPSA) is 106 Å². The van der Waals surface area contributed by atoms with E-state index in [1.165, 1.54) is 0 Å². The predicted octanol–water partition coefficient (Wildman–Crippen LogP) is 1.94. The number of amides is 3. The number of hydrogen-bond acceptors (Lipinski definition) is 6. The Balaban J connectivity index is 1.57. The zero-order valence-corrected chi connectivity index (χ0v) is 18.8. The van der Waals surface area contributed by atoms with Gasteiger partial charge in [-0.1, -0.05) is 30.3 Å². The first-order valence-corrected chi connectivity index (χ1v) is 10.7. The van der Waals surface area contributed by atoms with E-state index in [1.807, 2.05) is 42.5 Å². The molecular formula is C24H27N3O6. The van der Waals surface area contributed by atoms with E-state index < -0.39 is 18.2 Å². The lowest BCUT2D eigenvalue weighted by molar-refractivity contribution is -0.140. The van der Waals surface area contributed by atoms with E-state index >= 15 is 0 Å². The van der Waals surface area contributed by atoms with E-state index in [2.05, 4.69) is 10.6 Å². The third kappa shape index (κ3) is 4.30. The third-order valence-corrected chi connectivity index (χ3v) is 6.15. The molecular weight excluding hydrogens is 426 g/mol. The van der Waals surface area contributed by atoms with Gasteiger partial charge in [0.2, 0.25) is 11.8 Å². The van der Waals surface area contributed by atoms with Crippen molar-refractivity contribution in [3.05, 3.63) is 59.2 Å². The molecule has 0 radical (unpaired) electrons. The number of nitrogens with one attached hydrogen (secondary N) is 2. The molecule has 2 heterocycles. The van der Waals surface area contributed by atoms with E-state index in [-0.39, 0.29) is 24.5 Å². The SMILES string of the molecule is CNC(=O)[C@@H]1Cc2cc(OC)c(OC)cc2[C@H]2C[C@H](NC(=O)OCc3ccccc3)C(=O)N21. The highest BCUT2D eigenvalue weighted by Gasteiger charge is 2.49. The Bertz CT molecular complexity index is 1060. The monoisotopic (exact) mass is 453 g/mol. The summed E-state index contributed by atoms with van der Waals surface area (Å²) in [6.45, 7) is 0.0986. The fourth-order valence-electron chi connectivity index (χ4n) is 4.56. The Morgan fingerprint density at radius 1 is 1.09 bits per heavy atom. The van der Waals surface area contributed by atoms with Crippen molar-refractivity contribution in [3.63, 3.8) is 0 Å². The van der Waals surface area contributed by atoms with Gasteiger partial charge >= 0.3 is 6.09 Å². The molecule has 3 amide bonds. The molecule has 9 heteroatoms. The lowest BCUT2D eigenvalue weighted by atomic mass is 9.87. The second-order valence-corrected chi connectivity index (χ2v) is 8.00. The third-order valence-electron chi connectivity index (χ3n) is 6.15. The molecule has 0 spiro atoms. The van der Waals surface area contributed by atoms with Gasteiger partial charge in [-0.15, -0.1) is 0 Å². The van der Waals surface area contributed by atoms with Gasteiger partial charge in [-0.05, 0) is 28.8 Å². The van der Waals surface area contributed by atoms with Crippen LogP contribution in [0.3, 0.4) is 0 Å². The molecule has 0 aliphatic carbocycles. The molecule has 33 heavy (non-hydrogen) atoms. The fourth-order valence-corrected chi connectivity index (χ4v) is 4.56. The summed E-state index contributed by atoms with van der Waals surface area (Å²) < 4.78 is 16.1. The van der Waals surface area contributed by atoms with Crippen molar-refractivity contribution in [2.24, 2.45) is 0 Å². The average molecular weight is 453 g/mol. The first kappa shape index (κ1) is 22.4. The standard InChI is InChI=1S/C24H27N3O6/c1-25-22(28)19-9-15-10-20(31-2)21(32-3)11-16(15)18-12-17(23(29)27(18)19)26-24(30)33-13-14-7-5-4-6-8-14/h4-8,10-11,17-19H,9,12-13H2,1-3H3,(H,25,28)(H,26,30)/t17-,18+,19-/m0/s1. The van der Waals surface area contributed by atoms with Gasteiger partial charge in [0.15, 0.2) is 11.5 Å². The molecule has 0 saturated carbocycles. The van der Waals surface area contributed by atoms with Crippen LogP contribution in [0.1, 0.15) is 29.2 Å². The molecule has 2 aliphatic rings. The van der Waals surface area contributed by atoms with Crippen LogP contribution in [0, 0.1) is 0 Å². The van der Waals surface area contributed by atoms with E-state index in [4.69, 9.17) is 14.2 Å². The largest absolute Gasteiger partial charge is 0.493 e. The van der Waals surface area contributed by atoms with Crippen molar-refractivity contribution in [2.45, 2.75) is 37.6 Å². The van der Waals surface area contributed by atoms with Gasteiger partial charge in [0.25, 0.3) is 0 Å². The molecule has 0 unspecified atom stereocenters. The molecule has 1 fully saturated rings. The molecule has 2 aromatic carbocycles. The second kappa shape index (κ2) is 9.40. The highest BCUT2D eigenvalue weighted by molar-refractivity contribution is 5.94. The van der Waals surface area contributed by atoms with Crippen molar-refractivity contribution in [3.8, 4) is 11.5 Å². The van der Waals surface area contributed by atoms with Gasteiger partial charge in [-0.3, -0.25) is 9.59 Å².